The van der Waals surface area contributed by atoms with Crippen LogP contribution < -0.4 is 5.32 Å². The van der Waals surface area contributed by atoms with Crippen molar-refractivity contribution in [3.05, 3.63) is 0 Å². The Morgan fingerprint density at radius 2 is 1.69 bits per heavy atom. The Labute approximate surface area is 104 Å². The summed E-state index contributed by atoms with van der Waals surface area (Å²) in [6.07, 6.45) is -2.87. The summed E-state index contributed by atoms with van der Waals surface area (Å²) >= 11 is 33.5. The zero-order valence-electron chi connectivity index (χ0n) is 5.61. The highest BCUT2D eigenvalue weighted by atomic mass is 35.9. The lowest BCUT2D eigenvalue weighted by molar-refractivity contribution is 1.28. The van der Waals surface area contributed by atoms with Gasteiger partial charge in [-0.3, -0.25) is 0 Å². The number of amidine groups is 2. The molecular formula is C3HCl6N3P+. The topological polar surface area (TPSA) is 36.8 Å². The number of hydrogen-bond acceptors (Lipinski definition) is 3. The molecule has 3 nitrogen and oxygen atoms in total. The molecule has 1 aliphatic heterocycles. The van der Waals surface area contributed by atoms with Crippen molar-refractivity contribution in [2.75, 3.05) is 0 Å². The van der Waals surface area contributed by atoms with Gasteiger partial charge in [0.05, 0.1) is 0 Å². The number of nitrogens with zero attached hydrogens (tertiary/aromatic N) is 2. The fraction of sp³-hybridized carbons (Fsp3) is 0.333. The summed E-state index contributed by atoms with van der Waals surface area (Å²) in [5.41, 5.74) is 0. The van der Waals surface area contributed by atoms with E-state index in [9.17, 15) is 0 Å². The quantitative estimate of drug-likeness (QED) is 0.407. The Kier molecular flexibility index (Phi) is 3.86. The Balaban J connectivity index is 2.99. The van der Waals surface area contributed by atoms with Crippen molar-refractivity contribution in [1.29, 1.82) is 0 Å². The van der Waals surface area contributed by atoms with E-state index in [0.717, 1.165) is 0 Å². The van der Waals surface area contributed by atoms with Crippen LogP contribution in [0.15, 0.2) is 9.53 Å². The first-order valence-electron chi connectivity index (χ1n) is 2.69. The molecule has 0 saturated carbocycles. The minimum Gasteiger partial charge on any atom is -0.309 e. The molecule has 1 rings (SSSR count). The van der Waals surface area contributed by atoms with Gasteiger partial charge in [-0.15, -0.1) is 0 Å². The van der Waals surface area contributed by atoms with Crippen LogP contribution in [0.25, 0.3) is 0 Å². The highest BCUT2D eigenvalue weighted by Gasteiger charge is 2.45. The molecule has 1 aliphatic rings. The van der Waals surface area contributed by atoms with E-state index in [-0.39, 0.29) is 11.1 Å². The molecule has 1 heterocycles. The number of halogens is 6. The summed E-state index contributed by atoms with van der Waals surface area (Å²) in [7, 11) is 0. The first-order valence-corrected chi connectivity index (χ1v) is 7.71. The fourth-order valence-electron chi connectivity index (χ4n) is 0.524. The summed E-state index contributed by atoms with van der Waals surface area (Å²) in [6.45, 7) is 0. The Hall–Kier alpha value is 1.31. The predicted octanol–water partition coefficient (Wildman–Crippen LogP) is 4.11. The summed E-state index contributed by atoms with van der Waals surface area (Å²) in [6, 6.07) is 0. The van der Waals surface area contributed by atoms with Crippen LogP contribution in [0.3, 0.4) is 0 Å². The van der Waals surface area contributed by atoms with Crippen molar-refractivity contribution < 1.29 is 0 Å². The first-order chi connectivity index (χ1) is 5.71. The monoisotopic (exact) mass is 320 g/mol. The SMILES string of the molecule is ClC1=N[P+](Cl)(Cl)N=C(C(Cl)(Cl)Cl)N1. The Bertz CT molecular complexity index is 279. The highest BCUT2D eigenvalue weighted by molar-refractivity contribution is 8.15. The smallest absolute Gasteiger partial charge is 0.309 e. The molecular weight excluding hydrogens is 322 g/mol. The molecule has 0 spiro atoms. The minimum atomic E-state index is -2.87. The van der Waals surface area contributed by atoms with Crippen LogP contribution in [0.4, 0.5) is 0 Å². The zero-order chi connectivity index (χ0) is 10.3. The van der Waals surface area contributed by atoms with E-state index < -0.39 is 10.1 Å². The third-order valence-electron chi connectivity index (χ3n) is 0.918. The predicted molar refractivity (Wildman–Crippen MR) is 62.8 cm³/mol. The van der Waals surface area contributed by atoms with Crippen LogP contribution in [0, 0.1) is 0 Å². The van der Waals surface area contributed by atoms with E-state index in [1.807, 2.05) is 0 Å². The minimum absolute atomic E-state index is 0.0316. The average molecular weight is 323 g/mol. The molecule has 10 heteroatoms. The molecule has 0 unspecified atom stereocenters. The first kappa shape index (κ1) is 12.4. The van der Waals surface area contributed by atoms with Gasteiger partial charge >= 0.3 is 6.27 Å². The van der Waals surface area contributed by atoms with Gasteiger partial charge in [0.15, 0.2) is 22.5 Å². The molecule has 0 atom stereocenters. The van der Waals surface area contributed by atoms with Gasteiger partial charge in [-0.05, 0) is 21.1 Å². The summed E-state index contributed by atoms with van der Waals surface area (Å²) in [5, 5.41) is 2.39. The largest absolute Gasteiger partial charge is 0.447 e. The van der Waals surface area contributed by atoms with Gasteiger partial charge in [0.2, 0.25) is 11.1 Å². The number of hydrogen-bond donors (Lipinski definition) is 1. The van der Waals surface area contributed by atoms with Gasteiger partial charge in [0, 0.05) is 0 Å². The molecule has 0 bridgehead atoms. The molecule has 0 saturated heterocycles. The maximum Gasteiger partial charge on any atom is 0.447 e. The molecule has 0 aromatic rings. The van der Waals surface area contributed by atoms with Crippen molar-refractivity contribution >= 4 is 86.3 Å². The molecule has 0 aromatic carbocycles. The number of alkyl halides is 3. The van der Waals surface area contributed by atoms with Gasteiger partial charge in [-0.25, -0.2) is 0 Å². The van der Waals surface area contributed by atoms with Gasteiger partial charge in [0.25, 0.3) is 3.79 Å². The maximum absolute atomic E-state index is 5.67. The standard InChI is InChI=1S/C3HCl6N3P/c4-2-10-1(3(5,6)7)11-13(8,9)12-2/h(H,10,11,12)/q+1. The second-order valence-corrected chi connectivity index (χ2v) is 9.22. The van der Waals surface area contributed by atoms with Crippen molar-refractivity contribution in [1.82, 2.24) is 5.32 Å². The van der Waals surface area contributed by atoms with Gasteiger partial charge in [0.1, 0.15) is 0 Å². The van der Waals surface area contributed by atoms with Crippen LogP contribution in [0.5, 0.6) is 0 Å². The number of rotatable bonds is 0. The van der Waals surface area contributed by atoms with Crippen LogP contribution >= 0.6 is 75.2 Å². The molecule has 0 fully saturated rings. The third-order valence-corrected chi connectivity index (χ3v) is 3.54. The van der Waals surface area contributed by atoms with Crippen LogP contribution in [0.2, 0.25) is 0 Å². The highest BCUT2D eigenvalue weighted by Crippen LogP contribution is 2.73. The summed E-state index contributed by atoms with van der Waals surface area (Å²) in [5.74, 6) is -0.0316. The van der Waals surface area contributed by atoms with Gasteiger partial charge in [-0.1, -0.05) is 34.8 Å². The second kappa shape index (κ2) is 4.05. The lowest BCUT2D eigenvalue weighted by atomic mass is 10.7. The van der Waals surface area contributed by atoms with Gasteiger partial charge < -0.3 is 5.32 Å². The van der Waals surface area contributed by atoms with Crippen molar-refractivity contribution in [2.24, 2.45) is 9.53 Å². The molecule has 0 amide bonds. The van der Waals surface area contributed by atoms with E-state index >= 15 is 0 Å². The van der Waals surface area contributed by atoms with E-state index in [1.54, 1.807) is 0 Å². The molecule has 0 radical (unpaired) electrons. The van der Waals surface area contributed by atoms with E-state index in [4.69, 9.17) is 68.9 Å². The van der Waals surface area contributed by atoms with Crippen LogP contribution in [-0.4, -0.2) is 14.9 Å². The lowest BCUT2D eigenvalue weighted by Crippen LogP contribution is -2.38. The Morgan fingerprint density at radius 3 is 2.08 bits per heavy atom. The van der Waals surface area contributed by atoms with Crippen LogP contribution in [-0.2, 0) is 0 Å². The molecule has 74 valence electrons. The molecule has 13 heavy (non-hydrogen) atoms. The van der Waals surface area contributed by atoms with Crippen molar-refractivity contribution in [3.63, 3.8) is 0 Å². The molecule has 1 N–H and O–H groups in total. The second-order valence-electron chi connectivity index (χ2n) is 1.92. The Morgan fingerprint density at radius 1 is 1.15 bits per heavy atom. The normalized spacial score (nSPS) is 21.7. The van der Waals surface area contributed by atoms with Gasteiger partial charge in [-0.2, -0.15) is 0 Å². The summed E-state index contributed by atoms with van der Waals surface area (Å²) in [4.78, 5) is 0. The van der Waals surface area contributed by atoms with E-state index in [0.29, 0.717) is 0 Å². The lowest BCUT2D eigenvalue weighted by Gasteiger charge is -2.16. The third kappa shape index (κ3) is 3.75. The van der Waals surface area contributed by atoms with E-state index in [2.05, 4.69) is 14.8 Å². The van der Waals surface area contributed by atoms with E-state index in [1.165, 1.54) is 0 Å². The van der Waals surface area contributed by atoms with Crippen molar-refractivity contribution in [3.8, 4) is 0 Å². The molecule has 0 aliphatic carbocycles. The van der Waals surface area contributed by atoms with Crippen molar-refractivity contribution in [2.45, 2.75) is 3.79 Å². The van der Waals surface area contributed by atoms with Crippen LogP contribution in [0.1, 0.15) is 0 Å². The zero-order valence-corrected chi connectivity index (χ0v) is 11.0. The number of nitrogens with one attached hydrogen (secondary N) is 1. The maximum atomic E-state index is 5.67. The average Bonchev–Trinajstić information content (AvgIpc) is 1.79. The summed E-state index contributed by atoms with van der Waals surface area (Å²) < 4.78 is 5.60. The fourth-order valence-corrected chi connectivity index (χ4v) is 3.27. The molecule has 0 aromatic heterocycles.